The van der Waals surface area contributed by atoms with Gasteiger partial charge in [-0.2, -0.15) is 10.2 Å². The minimum absolute atomic E-state index is 0.580. The molecule has 0 spiro atoms. The van der Waals surface area contributed by atoms with Gasteiger partial charge in [0.25, 0.3) is 0 Å². The van der Waals surface area contributed by atoms with Gasteiger partial charge in [0.05, 0.1) is 12.4 Å². The fourth-order valence-electron chi connectivity index (χ4n) is 1.83. The minimum atomic E-state index is 0.580. The maximum absolute atomic E-state index is 5.92. The first-order chi connectivity index (χ1) is 10.7. The van der Waals surface area contributed by atoms with Crippen LogP contribution in [0.15, 0.2) is 54.2 Å². The van der Waals surface area contributed by atoms with Gasteiger partial charge in [-0.3, -0.25) is 5.43 Å². The summed E-state index contributed by atoms with van der Waals surface area (Å²) in [5, 5.41) is 9.02. The van der Waals surface area contributed by atoms with Crippen LogP contribution in [0, 0.1) is 6.92 Å². The molecule has 0 radical (unpaired) electrons. The molecule has 1 N–H and O–H groups in total. The van der Waals surface area contributed by atoms with Crippen LogP contribution in [-0.2, 0) is 0 Å². The van der Waals surface area contributed by atoms with Crippen LogP contribution in [0.1, 0.15) is 11.1 Å². The van der Waals surface area contributed by atoms with Crippen molar-refractivity contribution in [2.45, 2.75) is 6.92 Å². The Kier molecular flexibility index (Phi) is 4.11. The van der Waals surface area contributed by atoms with E-state index >= 15 is 0 Å². The van der Waals surface area contributed by atoms with Gasteiger partial charge in [0.1, 0.15) is 6.33 Å². The summed E-state index contributed by atoms with van der Waals surface area (Å²) in [6, 6.07) is 9.18. The summed E-state index contributed by atoms with van der Waals surface area (Å²) in [7, 11) is 0. The van der Waals surface area contributed by atoms with E-state index in [4.69, 9.17) is 11.6 Å². The molecule has 2 aromatic heterocycles. The van der Waals surface area contributed by atoms with Gasteiger partial charge in [0.2, 0.25) is 0 Å². The molecule has 2 heterocycles. The largest absolute Gasteiger partial charge is 0.261 e. The third-order valence-electron chi connectivity index (χ3n) is 2.84. The lowest BCUT2D eigenvalue weighted by Gasteiger charge is -2.02. The summed E-state index contributed by atoms with van der Waals surface area (Å²) in [5.41, 5.74) is 4.83. The van der Waals surface area contributed by atoms with E-state index in [0.29, 0.717) is 16.7 Å². The third kappa shape index (κ3) is 3.48. The highest BCUT2D eigenvalue weighted by Crippen LogP contribution is 2.10. The number of anilines is 1. The molecular weight excluding hydrogens is 300 g/mol. The number of hydrogen-bond donors (Lipinski definition) is 1. The van der Waals surface area contributed by atoms with Gasteiger partial charge in [0.15, 0.2) is 11.6 Å². The van der Waals surface area contributed by atoms with E-state index in [0.717, 1.165) is 11.1 Å². The Balaban J connectivity index is 1.73. The average Bonchev–Trinajstić information content (AvgIpc) is 2.94. The molecular formula is C15H13ClN6. The predicted molar refractivity (Wildman–Crippen MR) is 86.6 cm³/mol. The van der Waals surface area contributed by atoms with Crippen molar-refractivity contribution in [3.8, 4) is 5.82 Å². The van der Waals surface area contributed by atoms with E-state index in [2.05, 4.69) is 25.6 Å². The Labute approximate surface area is 132 Å². The lowest BCUT2D eigenvalue weighted by atomic mass is 10.2. The number of benzene rings is 1. The van der Waals surface area contributed by atoms with Crippen LogP contribution >= 0.6 is 11.6 Å². The molecule has 0 unspecified atom stereocenters. The van der Waals surface area contributed by atoms with Gasteiger partial charge in [-0.1, -0.05) is 23.7 Å². The number of nitrogens with zero attached hydrogens (tertiary/aromatic N) is 5. The molecule has 0 saturated carbocycles. The zero-order valence-corrected chi connectivity index (χ0v) is 12.6. The molecule has 0 amide bonds. The Hall–Kier alpha value is -2.73. The van der Waals surface area contributed by atoms with Gasteiger partial charge >= 0.3 is 0 Å². The van der Waals surface area contributed by atoms with E-state index in [1.807, 2.05) is 37.4 Å². The quantitative estimate of drug-likeness (QED) is 0.594. The first-order valence-electron chi connectivity index (χ1n) is 6.59. The first kappa shape index (κ1) is 14.2. The monoisotopic (exact) mass is 312 g/mol. The molecule has 0 aliphatic rings. The highest BCUT2D eigenvalue weighted by molar-refractivity contribution is 6.30. The second kappa shape index (κ2) is 6.36. The van der Waals surface area contributed by atoms with Crippen molar-refractivity contribution in [2.75, 3.05) is 5.43 Å². The zero-order chi connectivity index (χ0) is 15.4. The van der Waals surface area contributed by atoms with Crippen LogP contribution in [0.3, 0.4) is 0 Å². The SMILES string of the molecule is Cc1cnn(-c2cc(N/N=C/c3cccc(Cl)c3)ncn2)c1. The maximum atomic E-state index is 5.92. The first-order valence-corrected chi connectivity index (χ1v) is 6.97. The van der Waals surface area contributed by atoms with Crippen molar-refractivity contribution in [2.24, 2.45) is 5.10 Å². The molecule has 22 heavy (non-hydrogen) atoms. The number of halogens is 1. The number of aromatic nitrogens is 4. The van der Waals surface area contributed by atoms with Crippen LogP contribution in [0.25, 0.3) is 5.82 Å². The van der Waals surface area contributed by atoms with Crippen LogP contribution < -0.4 is 5.43 Å². The van der Waals surface area contributed by atoms with Crippen LogP contribution in [0.4, 0.5) is 5.82 Å². The second-order valence-electron chi connectivity index (χ2n) is 4.65. The molecule has 7 heteroatoms. The van der Waals surface area contributed by atoms with Crippen molar-refractivity contribution in [3.05, 3.63) is 65.2 Å². The number of aryl methyl sites for hydroxylation is 1. The topological polar surface area (TPSA) is 68.0 Å². The molecule has 0 bridgehead atoms. The molecule has 0 aliphatic heterocycles. The molecule has 1 aromatic carbocycles. The lowest BCUT2D eigenvalue weighted by molar-refractivity contribution is 0.839. The van der Waals surface area contributed by atoms with E-state index < -0.39 is 0 Å². The van der Waals surface area contributed by atoms with Gasteiger partial charge in [-0.15, -0.1) is 0 Å². The number of nitrogens with one attached hydrogen (secondary N) is 1. The van der Waals surface area contributed by atoms with Gasteiger partial charge in [-0.05, 0) is 30.2 Å². The summed E-state index contributed by atoms with van der Waals surface area (Å²) < 4.78 is 1.68. The van der Waals surface area contributed by atoms with Crippen molar-refractivity contribution < 1.29 is 0 Å². The fourth-order valence-corrected chi connectivity index (χ4v) is 2.03. The Bertz CT molecular complexity index is 811. The smallest absolute Gasteiger partial charge is 0.158 e. The molecule has 0 fully saturated rings. The molecule has 110 valence electrons. The number of hydrogen-bond acceptors (Lipinski definition) is 5. The molecule has 0 aliphatic carbocycles. The molecule has 3 rings (SSSR count). The van der Waals surface area contributed by atoms with Gasteiger partial charge < -0.3 is 0 Å². The standard InChI is InChI=1S/C15H13ClN6/c1-11-7-20-22(9-11)15-6-14(17-10-18-15)21-19-8-12-3-2-4-13(16)5-12/h2-10H,1H3,(H,17,18,21)/b19-8+. The van der Waals surface area contributed by atoms with Crippen molar-refractivity contribution in [1.82, 2.24) is 19.7 Å². The van der Waals surface area contributed by atoms with Crippen LogP contribution in [0.2, 0.25) is 5.02 Å². The fraction of sp³-hybridized carbons (Fsp3) is 0.0667. The summed E-state index contributed by atoms with van der Waals surface area (Å²) in [4.78, 5) is 8.30. The highest BCUT2D eigenvalue weighted by Gasteiger charge is 2.01. The number of rotatable bonds is 4. The minimum Gasteiger partial charge on any atom is -0.261 e. The Morgan fingerprint density at radius 3 is 2.95 bits per heavy atom. The van der Waals surface area contributed by atoms with Crippen LogP contribution in [0.5, 0.6) is 0 Å². The second-order valence-corrected chi connectivity index (χ2v) is 5.09. The number of hydrazone groups is 1. The van der Waals surface area contributed by atoms with Crippen molar-refractivity contribution >= 4 is 23.6 Å². The van der Waals surface area contributed by atoms with Gasteiger partial charge in [-0.25, -0.2) is 14.6 Å². The Morgan fingerprint density at radius 1 is 1.27 bits per heavy atom. The summed E-state index contributed by atoms with van der Waals surface area (Å²) in [6.45, 7) is 1.97. The van der Waals surface area contributed by atoms with Crippen molar-refractivity contribution in [3.63, 3.8) is 0 Å². The Morgan fingerprint density at radius 2 is 2.18 bits per heavy atom. The third-order valence-corrected chi connectivity index (χ3v) is 3.08. The van der Waals surface area contributed by atoms with Gasteiger partial charge in [0, 0.05) is 17.3 Å². The highest BCUT2D eigenvalue weighted by atomic mass is 35.5. The normalized spacial score (nSPS) is 11.0. The lowest BCUT2D eigenvalue weighted by Crippen LogP contribution is -2.01. The summed E-state index contributed by atoms with van der Waals surface area (Å²) in [6.07, 6.45) is 6.79. The van der Waals surface area contributed by atoms with E-state index in [-0.39, 0.29) is 0 Å². The predicted octanol–water partition coefficient (Wildman–Crippen LogP) is 3.07. The van der Waals surface area contributed by atoms with Crippen molar-refractivity contribution in [1.29, 1.82) is 0 Å². The van der Waals surface area contributed by atoms with E-state index in [9.17, 15) is 0 Å². The summed E-state index contributed by atoms with van der Waals surface area (Å²) in [5.74, 6) is 1.25. The zero-order valence-electron chi connectivity index (χ0n) is 11.8. The van der Waals surface area contributed by atoms with E-state index in [1.54, 1.807) is 23.2 Å². The molecule has 3 aromatic rings. The van der Waals surface area contributed by atoms with E-state index in [1.165, 1.54) is 6.33 Å². The summed E-state index contributed by atoms with van der Waals surface area (Å²) >= 11 is 5.92. The maximum Gasteiger partial charge on any atom is 0.158 e. The van der Waals surface area contributed by atoms with Crippen LogP contribution in [-0.4, -0.2) is 26.0 Å². The average molecular weight is 313 g/mol. The molecule has 0 saturated heterocycles. The molecule has 6 nitrogen and oxygen atoms in total. The molecule has 0 atom stereocenters.